The molecule has 2 N–H and O–H groups in total. The van der Waals surface area contributed by atoms with Crippen molar-refractivity contribution < 1.29 is 10.2 Å². The Balaban J connectivity index is 3.07. The molecule has 12 heavy (non-hydrogen) atoms. The lowest BCUT2D eigenvalue weighted by atomic mass is 10.1. The molecule has 0 bridgehead atoms. The smallest absolute Gasteiger partial charge is 0.134 e. The first-order chi connectivity index (χ1) is 5.66. The maximum absolute atomic E-state index is 9.31. The van der Waals surface area contributed by atoms with Crippen molar-refractivity contribution in [1.29, 1.82) is 0 Å². The summed E-state index contributed by atoms with van der Waals surface area (Å²) in [5.41, 5.74) is 0.451. The SMILES string of the molecule is Oc1cccc(C(O)CCl)c1Cl. The highest BCUT2D eigenvalue weighted by atomic mass is 35.5. The Morgan fingerprint density at radius 2 is 2.08 bits per heavy atom. The maximum Gasteiger partial charge on any atom is 0.134 e. The van der Waals surface area contributed by atoms with Crippen LogP contribution in [-0.4, -0.2) is 16.1 Å². The van der Waals surface area contributed by atoms with E-state index in [-0.39, 0.29) is 16.7 Å². The third-order valence-corrected chi connectivity index (χ3v) is 2.22. The zero-order chi connectivity index (χ0) is 9.14. The predicted octanol–water partition coefficient (Wildman–Crippen LogP) is 2.32. The Bertz CT molecular complexity index is 276. The minimum absolute atomic E-state index is 0.0432. The zero-order valence-electron chi connectivity index (χ0n) is 6.17. The first-order valence-corrected chi connectivity index (χ1v) is 4.29. The van der Waals surface area contributed by atoms with Crippen LogP contribution < -0.4 is 0 Å². The van der Waals surface area contributed by atoms with Crippen LogP contribution in [0.1, 0.15) is 11.7 Å². The fourth-order valence-electron chi connectivity index (χ4n) is 0.878. The van der Waals surface area contributed by atoms with Crippen molar-refractivity contribution in [2.24, 2.45) is 0 Å². The van der Waals surface area contributed by atoms with Gasteiger partial charge in [0.2, 0.25) is 0 Å². The van der Waals surface area contributed by atoms with Crippen LogP contribution in [0.2, 0.25) is 5.02 Å². The number of aromatic hydroxyl groups is 1. The van der Waals surface area contributed by atoms with Gasteiger partial charge in [-0.3, -0.25) is 0 Å². The van der Waals surface area contributed by atoms with Gasteiger partial charge in [0, 0.05) is 5.56 Å². The van der Waals surface area contributed by atoms with Crippen LogP contribution in [0.15, 0.2) is 18.2 Å². The monoisotopic (exact) mass is 206 g/mol. The lowest BCUT2D eigenvalue weighted by Gasteiger charge is -2.09. The van der Waals surface area contributed by atoms with E-state index in [2.05, 4.69) is 0 Å². The van der Waals surface area contributed by atoms with E-state index in [0.29, 0.717) is 5.56 Å². The summed E-state index contributed by atoms with van der Waals surface area (Å²) in [7, 11) is 0. The van der Waals surface area contributed by atoms with Crippen LogP contribution in [0, 0.1) is 0 Å². The molecule has 0 spiro atoms. The van der Waals surface area contributed by atoms with Crippen LogP contribution in [0.25, 0.3) is 0 Å². The van der Waals surface area contributed by atoms with Gasteiger partial charge in [0.1, 0.15) is 5.75 Å². The highest BCUT2D eigenvalue weighted by Crippen LogP contribution is 2.31. The predicted molar refractivity (Wildman–Crippen MR) is 48.8 cm³/mol. The van der Waals surface area contributed by atoms with Crippen molar-refractivity contribution >= 4 is 23.2 Å². The quantitative estimate of drug-likeness (QED) is 0.730. The normalized spacial score (nSPS) is 12.9. The molecule has 1 aromatic rings. The number of aliphatic hydroxyl groups is 1. The van der Waals surface area contributed by atoms with Crippen molar-refractivity contribution in [2.75, 3.05) is 5.88 Å². The van der Waals surface area contributed by atoms with Gasteiger partial charge in [-0.1, -0.05) is 23.7 Å². The van der Waals surface area contributed by atoms with Gasteiger partial charge in [0.15, 0.2) is 0 Å². The first-order valence-electron chi connectivity index (χ1n) is 3.38. The number of aliphatic hydroxyl groups excluding tert-OH is 1. The van der Waals surface area contributed by atoms with Crippen molar-refractivity contribution in [3.05, 3.63) is 28.8 Å². The number of phenolic OH excluding ortho intramolecular Hbond substituents is 1. The lowest BCUT2D eigenvalue weighted by molar-refractivity contribution is 0.202. The van der Waals surface area contributed by atoms with Gasteiger partial charge in [-0.25, -0.2) is 0 Å². The van der Waals surface area contributed by atoms with E-state index in [4.69, 9.17) is 28.3 Å². The molecule has 1 unspecified atom stereocenters. The van der Waals surface area contributed by atoms with Crippen molar-refractivity contribution in [3.8, 4) is 5.75 Å². The highest BCUT2D eigenvalue weighted by molar-refractivity contribution is 6.32. The Morgan fingerprint density at radius 1 is 1.42 bits per heavy atom. The molecular formula is C8H8Cl2O2. The number of halogens is 2. The van der Waals surface area contributed by atoms with Gasteiger partial charge in [0.25, 0.3) is 0 Å². The van der Waals surface area contributed by atoms with Crippen molar-refractivity contribution in [1.82, 2.24) is 0 Å². The zero-order valence-corrected chi connectivity index (χ0v) is 7.68. The molecule has 1 atom stereocenters. The number of rotatable bonds is 2. The number of alkyl halides is 1. The second-order valence-corrected chi connectivity index (χ2v) is 3.04. The van der Waals surface area contributed by atoms with Crippen LogP contribution in [-0.2, 0) is 0 Å². The van der Waals surface area contributed by atoms with E-state index in [9.17, 15) is 5.11 Å². The van der Waals surface area contributed by atoms with Gasteiger partial charge in [-0.05, 0) is 6.07 Å². The van der Waals surface area contributed by atoms with Crippen LogP contribution in [0.3, 0.4) is 0 Å². The Labute approximate surface area is 80.4 Å². The molecule has 0 saturated heterocycles. The van der Waals surface area contributed by atoms with Crippen molar-refractivity contribution in [2.45, 2.75) is 6.10 Å². The molecule has 0 saturated carbocycles. The number of benzene rings is 1. The Kier molecular flexibility index (Phi) is 3.20. The number of hydrogen-bond acceptors (Lipinski definition) is 2. The molecular weight excluding hydrogens is 199 g/mol. The van der Waals surface area contributed by atoms with E-state index in [1.54, 1.807) is 12.1 Å². The number of hydrogen-bond donors (Lipinski definition) is 2. The molecule has 0 aliphatic rings. The highest BCUT2D eigenvalue weighted by Gasteiger charge is 2.12. The Hall–Kier alpha value is -0.440. The van der Waals surface area contributed by atoms with Gasteiger partial charge >= 0.3 is 0 Å². The summed E-state index contributed by atoms with van der Waals surface area (Å²) in [5, 5.41) is 18.6. The molecule has 4 heteroatoms. The summed E-state index contributed by atoms with van der Waals surface area (Å²) in [6, 6.07) is 4.67. The second kappa shape index (κ2) is 3.99. The molecule has 0 radical (unpaired) electrons. The molecule has 1 aromatic carbocycles. The van der Waals surface area contributed by atoms with Crippen LogP contribution >= 0.6 is 23.2 Å². The third kappa shape index (κ3) is 1.83. The summed E-state index contributed by atoms with van der Waals surface area (Å²) in [4.78, 5) is 0. The molecule has 66 valence electrons. The standard InChI is InChI=1S/C8H8Cl2O2/c9-4-7(12)5-2-1-3-6(11)8(5)10/h1-3,7,11-12H,4H2. The molecule has 1 rings (SSSR count). The average Bonchev–Trinajstić information content (AvgIpc) is 2.08. The summed E-state index contributed by atoms with van der Waals surface area (Å²) >= 11 is 11.1. The molecule has 0 aliphatic carbocycles. The van der Waals surface area contributed by atoms with E-state index in [1.165, 1.54) is 6.07 Å². The molecule has 0 fully saturated rings. The van der Waals surface area contributed by atoms with Gasteiger partial charge < -0.3 is 10.2 Å². The summed E-state index contributed by atoms with van der Waals surface area (Å²) < 4.78 is 0. The minimum atomic E-state index is -0.828. The fraction of sp³-hybridized carbons (Fsp3) is 0.250. The second-order valence-electron chi connectivity index (χ2n) is 2.35. The van der Waals surface area contributed by atoms with E-state index < -0.39 is 6.10 Å². The number of phenols is 1. The van der Waals surface area contributed by atoms with Crippen LogP contribution in [0.4, 0.5) is 0 Å². The molecule has 0 heterocycles. The Morgan fingerprint density at radius 3 is 2.67 bits per heavy atom. The minimum Gasteiger partial charge on any atom is -0.506 e. The average molecular weight is 207 g/mol. The largest absolute Gasteiger partial charge is 0.506 e. The third-order valence-electron chi connectivity index (χ3n) is 1.51. The summed E-state index contributed by atoms with van der Waals surface area (Å²) in [6.07, 6.45) is -0.828. The maximum atomic E-state index is 9.31. The molecule has 0 amide bonds. The molecule has 0 aliphatic heterocycles. The fourth-order valence-corrected chi connectivity index (χ4v) is 1.30. The van der Waals surface area contributed by atoms with Crippen LogP contribution in [0.5, 0.6) is 5.75 Å². The topological polar surface area (TPSA) is 40.5 Å². The van der Waals surface area contributed by atoms with E-state index in [0.717, 1.165) is 0 Å². The van der Waals surface area contributed by atoms with E-state index >= 15 is 0 Å². The molecule has 2 nitrogen and oxygen atoms in total. The van der Waals surface area contributed by atoms with Gasteiger partial charge in [-0.15, -0.1) is 11.6 Å². The van der Waals surface area contributed by atoms with Gasteiger partial charge in [0.05, 0.1) is 17.0 Å². The van der Waals surface area contributed by atoms with Crippen molar-refractivity contribution in [3.63, 3.8) is 0 Å². The molecule has 0 aromatic heterocycles. The first kappa shape index (κ1) is 9.65. The summed E-state index contributed by atoms with van der Waals surface area (Å²) in [5.74, 6) is 0.0155. The summed E-state index contributed by atoms with van der Waals surface area (Å²) in [6.45, 7) is 0. The lowest BCUT2D eigenvalue weighted by Crippen LogP contribution is -1.98. The van der Waals surface area contributed by atoms with Gasteiger partial charge in [-0.2, -0.15) is 0 Å². The van der Waals surface area contributed by atoms with E-state index in [1.807, 2.05) is 0 Å².